The van der Waals surface area contributed by atoms with E-state index in [1.807, 2.05) is 36.1 Å². The van der Waals surface area contributed by atoms with Crippen LogP contribution < -0.4 is 25.6 Å². The summed E-state index contributed by atoms with van der Waals surface area (Å²) in [6.45, 7) is 6.14. The number of amides is 2. The number of urea groups is 1. The van der Waals surface area contributed by atoms with Crippen LogP contribution in [-0.2, 0) is 11.3 Å². The maximum Gasteiger partial charge on any atom is 0.320 e. The molecule has 1 aliphatic rings. The molecule has 14 heteroatoms. The van der Waals surface area contributed by atoms with Gasteiger partial charge in [-0.1, -0.05) is 18.2 Å². The highest BCUT2D eigenvalue weighted by Gasteiger charge is 2.26. The lowest BCUT2D eigenvalue weighted by molar-refractivity contribution is 0.123. The quantitative estimate of drug-likeness (QED) is 0.188. The van der Waals surface area contributed by atoms with Crippen molar-refractivity contribution in [2.24, 2.45) is 0 Å². The maximum atomic E-state index is 15.1. The number of halogens is 2. The topological polar surface area (TPSA) is 131 Å². The molecule has 0 saturated carbocycles. The van der Waals surface area contributed by atoms with Gasteiger partial charge in [-0.05, 0) is 32.0 Å². The summed E-state index contributed by atoms with van der Waals surface area (Å²) in [4.78, 5) is 28.8. The number of benzene rings is 2. The molecule has 1 fully saturated rings. The standard InChI is InChI=1S/C32H33F2N9O3/c1-3-36-32(44)40-31-28(42-13-15-45-16-14-42)30(37-20-9-11-35-12-10-20)38-29(39-31)27-22-7-5-6-8-26(22)43(41-27)19-23-24(33)17-21(46-4-2)18-25(23)34/h5-12,17-18H,3-4,13-16,19H2,1-2H3,(H3,35,36,37,38,39,40,44). The minimum Gasteiger partial charge on any atom is -0.494 e. The Morgan fingerprint density at radius 2 is 1.72 bits per heavy atom. The smallest absolute Gasteiger partial charge is 0.320 e. The van der Waals surface area contributed by atoms with E-state index in [2.05, 4.69) is 20.9 Å². The molecule has 46 heavy (non-hydrogen) atoms. The van der Waals surface area contributed by atoms with E-state index in [1.54, 1.807) is 31.5 Å². The van der Waals surface area contributed by atoms with Gasteiger partial charge in [0.1, 0.15) is 28.8 Å². The monoisotopic (exact) mass is 629 g/mol. The predicted molar refractivity (Wildman–Crippen MR) is 171 cm³/mol. The van der Waals surface area contributed by atoms with Crippen molar-refractivity contribution in [1.82, 2.24) is 30.0 Å². The summed E-state index contributed by atoms with van der Waals surface area (Å²) in [7, 11) is 0. The third kappa shape index (κ3) is 6.52. The summed E-state index contributed by atoms with van der Waals surface area (Å²) in [5.41, 5.74) is 2.12. The minimum absolute atomic E-state index is 0.113. The van der Waals surface area contributed by atoms with Gasteiger partial charge in [-0.25, -0.2) is 23.5 Å². The van der Waals surface area contributed by atoms with E-state index >= 15 is 8.78 Å². The fraction of sp³-hybridized carbons (Fsp3) is 0.281. The van der Waals surface area contributed by atoms with Gasteiger partial charge in [-0.3, -0.25) is 15.0 Å². The maximum absolute atomic E-state index is 15.1. The zero-order valence-corrected chi connectivity index (χ0v) is 25.4. The molecule has 5 aromatic rings. The van der Waals surface area contributed by atoms with Crippen LogP contribution in [0.4, 0.5) is 36.6 Å². The molecule has 4 heterocycles. The summed E-state index contributed by atoms with van der Waals surface area (Å²) < 4.78 is 42.6. The molecule has 1 saturated heterocycles. The summed E-state index contributed by atoms with van der Waals surface area (Å²) in [6.07, 6.45) is 3.31. The van der Waals surface area contributed by atoms with Gasteiger partial charge in [0.2, 0.25) is 0 Å². The zero-order chi connectivity index (χ0) is 32.0. The molecule has 3 aromatic heterocycles. The highest BCUT2D eigenvalue weighted by molar-refractivity contribution is 5.97. The number of ether oxygens (including phenoxy) is 2. The number of nitrogens with one attached hydrogen (secondary N) is 3. The molecule has 1 aliphatic heterocycles. The number of pyridine rings is 1. The second-order valence-electron chi connectivity index (χ2n) is 10.4. The predicted octanol–water partition coefficient (Wildman–Crippen LogP) is 5.34. The second kappa shape index (κ2) is 13.7. The molecular formula is C32H33F2N9O3. The first kappa shape index (κ1) is 30.6. The lowest BCUT2D eigenvalue weighted by Crippen LogP contribution is -2.38. The Morgan fingerprint density at radius 3 is 2.43 bits per heavy atom. The van der Waals surface area contributed by atoms with Crippen molar-refractivity contribution in [2.75, 3.05) is 55.0 Å². The van der Waals surface area contributed by atoms with E-state index < -0.39 is 17.7 Å². The van der Waals surface area contributed by atoms with E-state index in [0.717, 1.165) is 5.69 Å². The summed E-state index contributed by atoms with van der Waals surface area (Å²) in [5.74, 6) is -0.491. The van der Waals surface area contributed by atoms with Crippen LogP contribution in [0.1, 0.15) is 19.4 Å². The molecule has 2 amide bonds. The van der Waals surface area contributed by atoms with E-state index in [0.29, 0.717) is 61.0 Å². The lowest BCUT2D eigenvalue weighted by atomic mass is 10.1. The molecule has 3 N–H and O–H groups in total. The first-order valence-electron chi connectivity index (χ1n) is 15.0. The van der Waals surface area contributed by atoms with Crippen LogP contribution in [0.15, 0.2) is 60.9 Å². The number of rotatable bonds is 10. The van der Waals surface area contributed by atoms with Crippen LogP contribution in [0.5, 0.6) is 5.75 Å². The molecule has 0 bridgehead atoms. The van der Waals surface area contributed by atoms with Crippen LogP contribution in [0, 0.1) is 11.6 Å². The van der Waals surface area contributed by atoms with Crippen molar-refractivity contribution >= 4 is 39.9 Å². The van der Waals surface area contributed by atoms with Crippen LogP contribution in [0.3, 0.4) is 0 Å². The first-order chi connectivity index (χ1) is 22.4. The van der Waals surface area contributed by atoms with Gasteiger partial charge in [0.05, 0.1) is 31.9 Å². The van der Waals surface area contributed by atoms with Crippen LogP contribution in [0.25, 0.3) is 22.4 Å². The summed E-state index contributed by atoms with van der Waals surface area (Å²) >= 11 is 0. The first-order valence-corrected chi connectivity index (χ1v) is 15.0. The molecule has 0 spiro atoms. The fourth-order valence-corrected chi connectivity index (χ4v) is 5.25. The van der Waals surface area contributed by atoms with Crippen molar-refractivity contribution in [2.45, 2.75) is 20.4 Å². The van der Waals surface area contributed by atoms with Crippen molar-refractivity contribution in [3.63, 3.8) is 0 Å². The summed E-state index contributed by atoms with van der Waals surface area (Å²) in [6, 6.07) is 12.8. The summed E-state index contributed by atoms with van der Waals surface area (Å²) in [5, 5.41) is 14.4. The Kier molecular flexibility index (Phi) is 9.15. The Bertz CT molecular complexity index is 1820. The Hall–Kier alpha value is -5.37. The number of carbonyl (C=O) groups is 1. The molecule has 6 rings (SSSR count). The number of hydrogen-bond donors (Lipinski definition) is 3. The van der Waals surface area contributed by atoms with E-state index in [9.17, 15) is 4.79 Å². The minimum atomic E-state index is -0.743. The van der Waals surface area contributed by atoms with Crippen molar-refractivity contribution < 1.29 is 23.0 Å². The van der Waals surface area contributed by atoms with E-state index in [-0.39, 0.29) is 36.1 Å². The number of nitrogens with zero attached hydrogens (tertiary/aromatic N) is 6. The highest BCUT2D eigenvalue weighted by atomic mass is 19.1. The van der Waals surface area contributed by atoms with Gasteiger partial charge in [-0.15, -0.1) is 0 Å². The molecule has 0 radical (unpaired) electrons. The number of para-hydroxylation sites is 1. The molecular weight excluding hydrogens is 596 g/mol. The van der Waals surface area contributed by atoms with Gasteiger partial charge < -0.3 is 25.0 Å². The molecule has 2 aromatic carbocycles. The van der Waals surface area contributed by atoms with Crippen LogP contribution in [0.2, 0.25) is 0 Å². The Labute approximate surface area is 263 Å². The second-order valence-corrected chi connectivity index (χ2v) is 10.4. The Balaban J connectivity index is 1.50. The van der Waals surface area contributed by atoms with Crippen LogP contribution >= 0.6 is 0 Å². The van der Waals surface area contributed by atoms with Gasteiger partial charge in [0.15, 0.2) is 17.5 Å². The van der Waals surface area contributed by atoms with Crippen molar-refractivity contribution in [3.8, 4) is 17.3 Å². The number of hydrogen-bond acceptors (Lipinski definition) is 9. The normalized spacial score (nSPS) is 13.1. The molecule has 238 valence electrons. The average molecular weight is 630 g/mol. The van der Waals surface area contributed by atoms with Gasteiger partial charge in [0.25, 0.3) is 0 Å². The molecule has 12 nitrogen and oxygen atoms in total. The number of anilines is 4. The third-order valence-corrected chi connectivity index (χ3v) is 7.33. The number of carbonyl (C=O) groups excluding carboxylic acids is 1. The Morgan fingerprint density at radius 1 is 1.00 bits per heavy atom. The zero-order valence-electron chi connectivity index (χ0n) is 25.4. The SMILES string of the molecule is CCNC(=O)Nc1nc(-c2nn(Cc3c(F)cc(OCC)cc3F)c3ccccc23)nc(Nc2ccncc2)c1N1CCOCC1. The van der Waals surface area contributed by atoms with Crippen molar-refractivity contribution in [3.05, 3.63) is 78.1 Å². The number of fused-ring (bicyclic) bond motifs is 1. The number of morpholine rings is 1. The fourth-order valence-electron chi connectivity index (χ4n) is 5.25. The van der Waals surface area contributed by atoms with Gasteiger partial charge >= 0.3 is 6.03 Å². The van der Waals surface area contributed by atoms with Crippen LogP contribution in [-0.4, -0.2) is 70.2 Å². The third-order valence-electron chi connectivity index (χ3n) is 7.33. The van der Waals surface area contributed by atoms with E-state index in [4.69, 9.17) is 24.5 Å². The van der Waals surface area contributed by atoms with Crippen molar-refractivity contribution in [1.29, 1.82) is 0 Å². The van der Waals surface area contributed by atoms with E-state index in [1.165, 1.54) is 16.8 Å². The number of aromatic nitrogens is 5. The average Bonchev–Trinajstić information content (AvgIpc) is 3.42. The van der Waals surface area contributed by atoms with Gasteiger partial charge in [0, 0.05) is 60.8 Å². The van der Waals surface area contributed by atoms with Gasteiger partial charge in [-0.2, -0.15) is 5.10 Å². The lowest BCUT2D eigenvalue weighted by Gasteiger charge is -2.31. The largest absolute Gasteiger partial charge is 0.494 e. The molecule has 0 aliphatic carbocycles. The molecule has 0 atom stereocenters. The highest BCUT2D eigenvalue weighted by Crippen LogP contribution is 2.38. The molecule has 0 unspecified atom stereocenters.